The van der Waals surface area contributed by atoms with Gasteiger partial charge in [0.1, 0.15) is 0 Å². The van der Waals surface area contributed by atoms with Gasteiger partial charge < -0.3 is 5.32 Å². The summed E-state index contributed by atoms with van der Waals surface area (Å²) in [5.41, 5.74) is 3.67. The molecule has 2 aliphatic rings. The van der Waals surface area contributed by atoms with Crippen LogP contribution in [0.5, 0.6) is 0 Å². The molecule has 1 N–H and O–H groups in total. The lowest BCUT2D eigenvalue weighted by Gasteiger charge is -2.32. The summed E-state index contributed by atoms with van der Waals surface area (Å²) in [6.07, 6.45) is 3.97. The summed E-state index contributed by atoms with van der Waals surface area (Å²) < 4.78 is 0. The van der Waals surface area contributed by atoms with Crippen molar-refractivity contribution in [2.45, 2.75) is 52.0 Å². The van der Waals surface area contributed by atoms with Gasteiger partial charge in [-0.15, -0.1) is 0 Å². The van der Waals surface area contributed by atoms with Crippen LogP contribution >= 0.6 is 0 Å². The first-order valence-corrected chi connectivity index (χ1v) is 7.36. The summed E-state index contributed by atoms with van der Waals surface area (Å²) in [6.45, 7) is 8.39. The quantitative estimate of drug-likeness (QED) is 0.852. The van der Waals surface area contributed by atoms with Crippen molar-refractivity contribution in [2.75, 3.05) is 6.54 Å². The molecule has 0 spiro atoms. The highest BCUT2D eigenvalue weighted by Gasteiger charge is 2.37. The molecule has 3 atom stereocenters. The van der Waals surface area contributed by atoms with Gasteiger partial charge in [0, 0.05) is 18.5 Å². The molecular formula is C17H25N. The first-order chi connectivity index (χ1) is 8.55. The molecule has 0 saturated heterocycles. The Morgan fingerprint density at radius 3 is 2.67 bits per heavy atom. The second-order valence-corrected chi connectivity index (χ2v) is 7.16. The van der Waals surface area contributed by atoms with Crippen LogP contribution in [0.15, 0.2) is 24.3 Å². The Bertz CT molecular complexity index is 435. The number of rotatable bonds is 3. The predicted octanol–water partition coefficient (Wildman–Crippen LogP) is 3.74. The van der Waals surface area contributed by atoms with E-state index in [1.165, 1.54) is 25.8 Å². The van der Waals surface area contributed by atoms with Gasteiger partial charge >= 0.3 is 0 Å². The number of hydrogen-bond acceptors (Lipinski definition) is 1. The maximum absolute atomic E-state index is 3.83. The van der Waals surface area contributed by atoms with Crippen LogP contribution in [-0.2, 0) is 6.42 Å². The molecular weight excluding hydrogens is 218 g/mol. The molecule has 0 amide bonds. The Hall–Kier alpha value is -0.820. The van der Waals surface area contributed by atoms with Gasteiger partial charge in [-0.2, -0.15) is 0 Å². The highest BCUT2D eigenvalue weighted by atomic mass is 14.9. The van der Waals surface area contributed by atoms with Crippen molar-refractivity contribution in [1.82, 2.24) is 5.32 Å². The van der Waals surface area contributed by atoms with Crippen LogP contribution in [0, 0.1) is 11.3 Å². The van der Waals surface area contributed by atoms with Crippen molar-refractivity contribution in [1.29, 1.82) is 0 Å². The number of hydrogen-bond donors (Lipinski definition) is 1. The summed E-state index contributed by atoms with van der Waals surface area (Å²) in [5, 5.41) is 3.83. The normalized spacial score (nSPS) is 32.9. The maximum atomic E-state index is 3.83. The molecule has 1 heteroatoms. The molecule has 3 rings (SSSR count). The highest BCUT2D eigenvalue weighted by Crippen LogP contribution is 2.41. The van der Waals surface area contributed by atoms with Crippen molar-refractivity contribution in [3.63, 3.8) is 0 Å². The highest BCUT2D eigenvalue weighted by molar-refractivity contribution is 5.40. The van der Waals surface area contributed by atoms with Gasteiger partial charge in [0.15, 0.2) is 0 Å². The third-order valence-corrected chi connectivity index (χ3v) is 4.92. The van der Waals surface area contributed by atoms with E-state index in [4.69, 9.17) is 0 Å². The van der Waals surface area contributed by atoms with Crippen LogP contribution < -0.4 is 5.32 Å². The fraction of sp³-hybridized carbons (Fsp3) is 0.647. The van der Waals surface area contributed by atoms with Gasteiger partial charge in [-0.05, 0) is 41.7 Å². The van der Waals surface area contributed by atoms with E-state index in [1.807, 2.05) is 0 Å². The Kier molecular flexibility index (Phi) is 2.97. The fourth-order valence-electron chi connectivity index (χ4n) is 4.01. The average Bonchev–Trinajstić information content (AvgIpc) is 2.53. The Morgan fingerprint density at radius 1 is 1.22 bits per heavy atom. The van der Waals surface area contributed by atoms with E-state index in [1.54, 1.807) is 11.1 Å². The first kappa shape index (κ1) is 12.2. The molecule has 0 radical (unpaired) electrons. The summed E-state index contributed by atoms with van der Waals surface area (Å²) in [5.74, 6) is 1.59. The van der Waals surface area contributed by atoms with Crippen LogP contribution in [0.2, 0.25) is 0 Å². The molecule has 1 fully saturated rings. The summed E-state index contributed by atoms with van der Waals surface area (Å²) in [7, 11) is 0. The summed E-state index contributed by atoms with van der Waals surface area (Å²) in [6, 6.07) is 9.63. The zero-order valence-electron chi connectivity index (χ0n) is 11.9. The van der Waals surface area contributed by atoms with Crippen molar-refractivity contribution in [3.8, 4) is 0 Å². The van der Waals surface area contributed by atoms with Crippen LogP contribution in [-0.4, -0.2) is 12.6 Å². The zero-order chi connectivity index (χ0) is 12.8. The van der Waals surface area contributed by atoms with E-state index in [9.17, 15) is 0 Å². The molecule has 0 bridgehead atoms. The van der Waals surface area contributed by atoms with Gasteiger partial charge in [0.05, 0.1) is 0 Å². The van der Waals surface area contributed by atoms with E-state index in [-0.39, 0.29) is 0 Å². The average molecular weight is 243 g/mol. The van der Waals surface area contributed by atoms with Gasteiger partial charge in [-0.3, -0.25) is 0 Å². The van der Waals surface area contributed by atoms with Crippen LogP contribution in [0.25, 0.3) is 0 Å². The Labute approximate surface area is 111 Å². The van der Waals surface area contributed by atoms with Crippen molar-refractivity contribution in [2.24, 2.45) is 11.3 Å². The molecule has 1 aromatic rings. The minimum absolute atomic E-state index is 0.536. The first-order valence-electron chi connectivity index (χ1n) is 7.36. The van der Waals surface area contributed by atoms with E-state index < -0.39 is 0 Å². The lowest BCUT2D eigenvalue weighted by molar-refractivity contribution is 0.359. The molecule has 1 nitrogen and oxygen atoms in total. The summed E-state index contributed by atoms with van der Waals surface area (Å²) in [4.78, 5) is 0. The SMILES string of the molecule is CC1CC(C)(C)CC1NCC1Cc2ccccc21. The molecule has 18 heavy (non-hydrogen) atoms. The lowest BCUT2D eigenvalue weighted by atomic mass is 9.77. The molecule has 1 aromatic carbocycles. The third-order valence-electron chi connectivity index (χ3n) is 4.92. The second-order valence-electron chi connectivity index (χ2n) is 7.16. The zero-order valence-corrected chi connectivity index (χ0v) is 11.9. The second kappa shape index (κ2) is 4.38. The minimum atomic E-state index is 0.536. The maximum Gasteiger partial charge on any atom is 0.00982 e. The molecule has 0 aromatic heterocycles. The fourth-order valence-corrected chi connectivity index (χ4v) is 4.01. The topological polar surface area (TPSA) is 12.0 Å². The standard InChI is InChI=1S/C17H25N/c1-12-9-17(2,3)10-16(12)18-11-14-8-13-6-4-5-7-15(13)14/h4-7,12,14,16,18H,8-11H2,1-3H3. The van der Waals surface area contributed by atoms with E-state index >= 15 is 0 Å². The van der Waals surface area contributed by atoms with Gasteiger partial charge in [-0.25, -0.2) is 0 Å². The third kappa shape index (κ3) is 2.21. The molecule has 2 aliphatic carbocycles. The van der Waals surface area contributed by atoms with Crippen LogP contribution in [0.1, 0.15) is 50.7 Å². The van der Waals surface area contributed by atoms with Crippen molar-refractivity contribution < 1.29 is 0 Å². The predicted molar refractivity (Wildman–Crippen MR) is 76.9 cm³/mol. The van der Waals surface area contributed by atoms with Crippen LogP contribution in [0.4, 0.5) is 0 Å². The monoisotopic (exact) mass is 243 g/mol. The van der Waals surface area contributed by atoms with E-state index in [2.05, 4.69) is 50.4 Å². The minimum Gasteiger partial charge on any atom is -0.313 e. The molecule has 0 heterocycles. The van der Waals surface area contributed by atoms with Crippen LogP contribution in [0.3, 0.4) is 0 Å². The molecule has 1 saturated carbocycles. The Balaban J connectivity index is 1.55. The number of benzene rings is 1. The molecule has 3 unspecified atom stereocenters. The van der Waals surface area contributed by atoms with Gasteiger partial charge in [0.25, 0.3) is 0 Å². The summed E-state index contributed by atoms with van der Waals surface area (Å²) >= 11 is 0. The van der Waals surface area contributed by atoms with Gasteiger partial charge in [0.2, 0.25) is 0 Å². The van der Waals surface area contributed by atoms with E-state index in [0.29, 0.717) is 5.41 Å². The van der Waals surface area contributed by atoms with Gasteiger partial charge in [-0.1, -0.05) is 45.0 Å². The van der Waals surface area contributed by atoms with E-state index in [0.717, 1.165) is 17.9 Å². The molecule has 98 valence electrons. The number of nitrogens with one attached hydrogen (secondary N) is 1. The largest absolute Gasteiger partial charge is 0.313 e. The lowest BCUT2D eigenvalue weighted by Crippen LogP contribution is -2.37. The Morgan fingerprint density at radius 2 is 2.00 bits per heavy atom. The smallest absolute Gasteiger partial charge is 0.00982 e. The van der Waals surface area contributed by atoms with Crippen molar-refractivity contribution in [3.05, 3.63) is 35.4 Å². The number of fused-ring (bicyclic) bond motifs is 1. The molecule has 0 aliphatic heterocycles. The van der Waals surface area contributed by atoms with Crippen molar-refractivity contribution >= 4 is 0 Å².